The smallest absolute Gasteiger partial charge is 0.264 e. The van der Waals surface area contributed by atoms with Crippen LogP contribution in [0.3, 0.4) is 0 Å². The van der Waals surface area contributed by atoms with Gasteiger partial charge in [0, 0.05) is 23.1 Å². The van der Waals surface area contributed by atoms with Gasteiger partial charge in [-0.15, -0.1) is 0 Å². The number of para-hydroxylation sites is 2. The van der Waals surface area contributed by atoms with E-state index in [2.05, 4.69) is 24.4 Å². The second-order valence-electron chi connectivity index (χ2n) is 7.83. The molecule has 0 saturated carbocycles. The normalized spacial score (nSPS) is 15.4. The third-order valence-electron chi connectivity index (χ3n) is 5.49. The van der Waals surface area contributed by atoms with Crippen molar-refractivity contribution >= 4 is 45.0 Å². The van der Waals surface area contributed by atoms with Crippen LogP contribution in [-0.4, -0.2) is 39.3 Å². The summed E-state index contributed by atoms with van der Waals surface area (Å²) in [6.07, 6.45) is -0.960. The Hall–Kier alpha value is -2.68. The number of halogens is 1. The minimum atomic E-state index is -3.91. The molecule has 1 aliphatic heterocycles. The molecule has 0 bridgehead atoms. The van der Waals surface area contributed by atoms with Gasteiger partial charge < -0.3 is 10.1 Å². The van der Waals surface area contributed by atoms with E-state index in [1.807, 2.05) is 12.1 Å². The van der Waals surface area contributed by atoms with Crippen LogP contribution < -0.4 is 14.4 Å². The number of nitrogens with one attached hydrogen (secondary N) is 1. The molecule has 1 atom stereocenters. The van der Waals surface area contributed by atoms with E-state index in [0.29, 0.717) is 23.0 Å². The lowest BCUT2D eigenvalue weighted by molar-refractivity contribution is -0.127. The monoisotopic (exact) mass is 516 g/mol. The van der Waals surface area contributed by atoms with Gasteiger partial charge in [0.05, 0.1) is 17.1 Å². The molecule has 0 aliphatic carbocycles. The van der Waals surface area contributed by atoms with Crippen LogP contribution in [-0.2, 0) is 20.6 Å². The number of rotatable bonds is 8. The molecule has 0 aromatic heterocycles. The van der Waals surface area contributed by atoms with Crippen LogP contribution in [0.15, 0.2) is 77.7 Å². The first-order valence-electron chi connectivity index (χ1n) is 10.8. The average molecular weight is 517 g/mol. The second kappa shape index (κ2) is 10.7. The molecule has 0 radical (unpaired) electrons. The molecule has 34 heavy (non-hydrogen) atoms. The van der Waals surface area contributed by atoms with Crippen LogP contribution in [0.5, 0.6) is 5.75 Å². The molecule has 0 fully saturated rings. The molecule has 0 saturated heterocycles. The summed E-state index contributed by atoms with van der Waals surface area (Å²) in [6.45, 7) is 2.42. The number of hydrogen-bond acceptors (Lipinski definition) is 5. The fourth-order valence-corrected chi connectivity index (χ4v) is 6.15. The van der Waals surface area contributed by atoms with E-state index < -0.39 is 16.1 Å². The van der Waals surface area contributed by atoms with Gasteiger partial charge >= 0.3 is 0 Å². The maximum absolute atomic E-state index is 13.4. The van der Waals surface area contributed by atoms with E-state index in [-0.39, 0.29) is 17.3 Å². The molecule has 0 spiro atoms. The zero-order valence-electron chi connectivity index (χ0n) is 18.6. The highest BCUT2D eigenvalue weighted by molar-refractivity contribution is 7.98. The molecule has 1 amide bonds. The largest absolute Gasteiger partial charge is 0.476 e. The SMILES string of the molecule is Cc1ccccc1CSCCNC(=O)C1CN(S(=O)(=O)c2ccc(Cl)cc2)c2ccccc2O1. The van der Waals surface area contributed by atoms with Gasteiger partial charge in [0.2, 0.25) is 0 Å². The van der Waals surface area contributed by atoms with Gasteiger partial charge in [-0.2, -0.15) is 11.8 Å². The maximum atomic E-state index is 13.4. The second-order valence-corrected chi connectivity index (χ2v) is 11.2. The third-order valence-corrected chi connectivity index (χ3v) is 8.55. The highest BCUT2D eigenvalue weighted by atomic mass is 35.5. The van der Waals surface area contributed by atoms with E-state index in [9.17, 15) is 13.2 Å². The van der Waals surface area contributed by atoms with Gasteiger partial charge in [-0.05, 0) is 54.4 Å². The van der Waals surface area contributed by atoms with E-state index in [1.54, 1.807) is 36.0 Å². The highest BCUT2D eigenvalue weighted by Crippen LogP contribution is 2.37. The first-order valence-corrected chi connectivity index (χ1v) is 13.8. The number of fused-ring (bicyclic) bond motifs is 1. The first kappa shape index (κ1) is 24.4. The number of amides is 1. The number of carbonyl (C=O) groups excluding carboxylic acids is 1. The Bertz CT molecular complexity index is 1270. The van der Waals surface area contributed by atoms with Crippen LogP contribution in [0.4, 0.5) is 5.69 Å². The van der Waals surface area contributed by atoms with Gasteiger partial charge in [0.15, 0.2) is 6.10 Å². The number of ether oxygens (including phenoxy) is 1. The summed E-state index contributed by atoms with van der Waals surface area (Å²) in [4.78, 5) is 13.0. The quantitative estimate of drug-likeness (QED) is 0.441. The lowest BCUT2D eigenvalue weighted by Crippen LogP contribution is -2.51. The molecule has 6 nitrogen and oxygen atoms in total. The number of carbonyl (C=O) groups is 1. The molecular weight excluding hydrogens is 492 g/mol. The standard InChI is InChI=1S/C25H25ClN2O4S2/c1-18-6-2-3-7-19(18)17-33-15-14-27-25(29)24-16-28(22-8-4-5-9-23(22)32-24)34(30,31)21-12-10-20(26)11-13-21/h2-13,24H,14-17H2,1H3,(H,27,29). The van der Waals surface area contributed by atoms with Gasteiger partial charge in [0.25, 0.3) is 15.9 Å². The summed E-state index contributed by atoms with van der Waals surface area (Å²) in [7, 11) is -3.91. The molecular formula is C25H25ClN2O4S2. The van der Waals surface area contributed by atoms with Crippen LogP contribution >= 0.6 is 23.4 Å². The molecule has 1 aliphatic rings. The Balaban J connectivity index is 1.41. The number of sulfonamides is 1. The molecule has 4 rings (SSSR count). The molecule has 3 aromatic rings. The zero-order chi connectivity index (χ0) is 24.1. The molecule has 178 valence electrons. The highest BCUT2D eigenvalue weighted by Gasteiger charge is 2.37. The summed E-state index contributed by atoms with van der Waals surface area (Å²) < 4.78 is 33.9. The van der Waals surface area contributed by atoms with E-state index in [0.717, 1.165) is 11.5 Å². The predicted octanol–water partition coefficient (Wildman–Crippen LogP) is 4.65. The number of aryl methyl sites for hydroxylation is 1. The first-order chi connectivity index (χ1) is 16.4. The zero-order valence-corrected chi connectivity index (χ0v) is 21.0. The number of benzene rings is 3. The fraction of sp³-hybridized carbons (Fsp3) is 0.240. The lowest BCUT2D eigenvalue weighted by atomic mass is 10.1. The minimum absolute atomic E-state index is 0.0976. The van der Waals surface area contributed by atoms with E-state index in [1.165, 1.54) is 39.7 Å². The fourth-order valence-electron chi connectivity index (χ4n) is 3.61. The number of nitrogens with zero attached hydrogens (tertiary/aromatic N) is 1. The Labute approximate surface area is 209 Å². The van der Waals surface area contributed by atoms with Crippen LogP contribution in [0.25, 0.3) is 0 Å². The van der Waals surface area contributed by atoms with Crippen molar-refractivity contribution in [2.75, 3.05) is 23.1 Å². The maximum Gasteiger partial charge on any atom is 0.264 e. The third kappa shape index (κ3) is 5.51. The molecule has 1 unspecified atom stereocenters. The predicted molar refractivity (Wildman–Crippen MR) is 137 cm³/mol. The van der Waals surface area contributed by atoms with Crippen LogP contribution in [0.1, 0.15) is 11.1 Å². The van der Waals surface area contributed by atoms with Crippen LogP contribution in [0.2, 0.25) is 5.02 Å². The van der Waals surface area contributed by atoms with Crippen molar-refractivity contribution in [3.63, 3.8) is 0 Å². The Morgan fingerprint density at radius 3 is 2.56 bits per heavy atom. The molecule has 3 aromatic carbocycles. The Morgan fingerprint density at radius 2 is 1.79 bits per heavy atom. The van der Waals surface area contributed by atoms with Crippen molar-refractivity contribution in [1.29, 1.82) is 0 Å². The average Bonchev–Trinajstić information content (AvgIpc) is 2.84. The molecule has 1 N–H and O–H groups in total. The summed E-state index contributed by atoms with van der Waals surface area (Å²) >= 11 is 7.65. The van der Waals surface area contributed by atoms with Crippen molar-refractivity contribution in [2.45, 2.75) is 23.7 Å². The number of anilines is 1. The van der Waals surface area contributed by atoms with Crippen molar-refractivity contribution in [1.82, 2.24) is 5.32 Å². The van der Waals surface area contributed by atoms with Crippen molar-refractivity contribution in [2.24, 2.45) is 0 Å². The summed E-state index contributed by atoms with van der Waals surface area (Å²) in [6, 6.07) is 21.0. The van der Waals surface area contributed by atoms with E-state index in [4.69, 9.17) is 16.3 Å². The summed E-state index contributed by atoms with van der Waals surface area (Å²) in [5.74, 6) is 1.60. The van der Waals surface area contributed by atoms with E-state index >= 15 is 0 Å². The van der Waals surface area contributed by atoms with Gasteiger partial charge in [-0.1, -0.05) is 48.0 Å². The van der Waals surface area contributed by atoms with Crippen molar-refractivity contribution in [3.8, 4) is 5.75 Å². The molecule has 9 heteroatoms. The summed E-state index contributed by atoms with van der Waals surface area (Å²) in [5.41, 5.74) is 2.92. The summed E-state index contributed by atoms with van der Waals surface area (Å²) in [5, 5.41) is 3.32. The Kier molecular flexibility index (Phi) is 7.70. The van der Waals surface area contributed by atoms with Gasteiger partial charge in [0.1, 0.15) is 5.75 Å². The minimum Gasteiger partial charge on any atom is -0.476 e. The van der Waals surface area contributed by atoms with Crippen molar-refractivity contribution in [3.05, 3.63) is 88.9 Å². The van der Waals surface area contributed by atoms with Gasteiger partial charge in [-0.3, -0.25) is 9.10 Å². The topological polar surface area (TPSA) is 75.7 Å². The lowest BCUT2D eigenvalue weighted by Gasteiger charge is -2.34. The number of hydrogen-bond donors (Lipinski definition) is 1. The Morgan fingerprint density at radius 1 is 1.09 bits per heavy atom. The van der Waals surface area contributed by atoms with Gasteiger partial charge in [-0.25, -0.2) is 8.42 Å². The van der Waals surface area contributed by atoms with Crippen molar-refractivity contribution < 1.29 is 17.9 Å². The molecule has 1 heterocycles. The van der Waals surface area contributed by atoms with Crippen LogP contribution in [0, 0.1) is 6.92 Å². The number of thioether (sulfide) groups is 1.